The van der Waals surface area contributed by atoms with Crippen molar-refractivity contribution < 1.29 is 22.7 Å². The van der Waals surface area contributed by atoms with Crippen LogP contribution < -0.4 is 5.73 Å². The fourth-order valence-corrected chi connectivity index (χ4v) is 0.852. The highest BCUT2D eigenvalue weighted by atomic mass is 19.4. The van der Waals surface area contributed by atoms with Crippen molar-refractivity contribution in [2.75, 3.05) is 5.73 Å². The number of aromatic hydroxyl groups is 1. The third-order valence-corrected chi connectivity index (χ3v) is 1.43. The van der Waals surface area contributed by atoms with Crippen LogP contribution in [-0.2, 0) is 6.18 Å². The van der Waals surface area contributed by atoms with E-state index in [1.807, 2.05) is 0 Å². The largest absolute Gasteiger partial charge is 0.507 e. The van der Waals surface area contributed by atoms with Crippen molar-refractivity contribution in [3.8, 4) is 5.75 Å². The van der Waals surface area contributed by atoms with Gasteiger partial charge in [0.15, 0.2) is 5.82 Å². The van der Waals surface area contributed by atoms with E-state index in [-0.39, 0.29) is 0 Å². The highest BCUT2D eigenvalue weighted by Gasteiger charge is 2.38. The van der Waals surface area contributed by atoms with Gasteiger partial charge in [0.2, 0.25) is 0 Å². The number of phenols is 1. The first-order valence-electron chi connectivity index (χ1n) is 3.18. The van der Waals surface area contributed by atoms with Crippen molar-refractivity contribution in [1.82, 2.24) is 0 Å². The van der Waals surface area contributed by atoms with Gasteiger partial charge in [0.1, 0.15) is 11.3 Å². The van der Waals surface area contributed by atoms with Crippen molar-refractivity contribution in [3.63, 3.8) is 0 Å². The number of nitrogen functional groups attached to an aromatic ring is 1. The van der Waals surface area contributed by atoms with Crippen LogP contribution in [-0.4, -0.2) is 5.11 Å². The normalized spacial score (nSPS) is 11.7. The van der Waals surface area contributed by atoms with Crippen LogP contribution in [0.1, 0.15) is 5.56 Å². The van der Waals surface area contributed by atoms with E-state index in [2.05, 4.69) is 0 Å². The summed E-state index contributed by atoms with van der Waals surface area (Å²) in [5.74, 6) is -2.81. The smallest absolute Gasteiger partial charge is 0.422 e. The summed E-state index contributed by atoms with van der Waals surface area (Å²) in [6.45, 7) is 0. The van der Waals surface area contributed by atoms with Crippen LogP contribution in [0.4, 0.5) is 23.2 Å². The van der Waals surface area contributed by atoms with Crippen molar-refractivity contribution in [1.29, 1.82) is 0 Å². The molecular formula is C7H5F4NO. The van der Waals surface area contributed by atoms with E-state index in [1.54, 1.807) is 0 Å². The standard InChI is InChI=1S/C7H5F4NO/c8-6-3(12)1-2-4(13)5(6)7(9,10)11/h1-2,13H,12H2. The number of halogens is 4. The highest BCUT2D eigenvalue weighted by molar-refractivity contribution is 5.50. The lowest BCUT2D eigenvalue weighted by Crippen LogP contribution is -2.10. The summed E-state index contributed by atoms with van der Waals surface area (Å²) in [6, 6.07) is 1.56. The summed E-state index contributed by atoms with van der Waals surface area (Å²) in [5, 5.41) is 8.74. The topological polar surface area (TPSA) is 46.2 Å². The molecule has 0 unspecified atom stereocenters. The quantitative estimate of drug-likeness (QED) is 0.378. The van der Waals surface area contributed by atoms with E-state index in [0.717, 1.165) is 6.07 Å². The number of benzene rings is 1. The van der Waals surface area contributed by atoms with E-state index in [1.165, 1.54) is 0 Å². The van der Waals surface area contributed by atoms with E-state index < -0.39 is 29.0 Å². The fraction of sp³-hybridized carbons (Fsp3) is 0.143. The Kier molecular flexibility index (Phi) is 2.07. The first-order valence-corrected chi connectivity index (χ1v) is 3.18. The highest BCUT2D eigenvalue weighted by Crippen LogP contribution is 2.39. The van der Waals surface area contributed by atoms with E-state index in [0.29, 0.717) is 6.07 Å². The van der Waals surface area contributed by atoms with Gasteiger partial charge in [-0.2, -0.15) is 13.2 Å². The Balaban J connectivity index is 3.43. The SMILES string of the molecule is Nc1ccc(O)c(C(F)(F)F)c1F. The molecule has 1 aromatic rings. The number of hydrogen-bond donors (Lipinski definition) is 2. The Morgan fingerprint density at radius 2 is 1.77 bits per heavy atom. The molecule has 0 atom stereocenters. The maximum Gasteiger partial charge on any atom is 0.422 e. The second-order valence-corrected chi connectivity index (χ2v) is 2.36. The predicted molar refractivity (Wildman–Crippen MR) is 37.5 cm³/mol. The molecule has 2 nitrogen and oxygen atoms in total. The zero-order valence-corrected chi connectivity index (χ0v) is 6.19. The van der Waals surface area contributed by atoms with Crippen LogP contribution >= 0.6 is 0 Å². The van der Waals surface area contributed by atoms with Gasteiger partial charge in [-0.3, -0.25) is 0 Å². The van der Waals surface area contributed by atoms with E-state index >= 15 is 0 Å². The van der Waals surface area contributed by atoms with Crippen LogP contribution in [0.3, 0.4) is 0 Å². The molecule has 3 N–H and O–H groups in total. The van der Waals surface area contributed by atoms with Crippen molar-refractivity contribution in [2.24, 2.45) is 0 Å². The summed E-state index contributed by atoms with van der Waals surface area (Å²) in [4.78, 5) is 0. The second-order valence-electron chi connectivity index (χ2n) is 2.36. The van der Waals surface area contributed by atoms with Gasteiger partial charge in [-0.25, -0.2) is 4.39 Å². The van der Waals surface area contributed by atoms with Crippen LogP contribution in [0.5, 0.6) is 5.75 Å². The average Bonchev–Trinajstić information content (AvgIpc) is 1.95. The van der Waals surface area contributed by atoms with Crippen LogP contribution in [0.2, 0.25) is 0 Å². The molecule has 0 fully saturated rings. The molecule has 0 aliphatic heterocycles. The number of rotatable bonds is 0. The summed E-state index contributed by atoms with van der Waals surface area (Å²) in [5.41, 5.74) is 2.52. The zero-order valence-electron chi connectivity index (χ0n) is 6.19. The number of alkyl halides is 3. The van der Waals surface area contributed by atoms with Crippen LogP contribution in [0, 0.1) is 5.82 Å². The summed E-state index contributed by atoms with van der Waals surface area (Å²) >= 11 is 0. The third-order valence-electron chi connectivity index (χ3n) is 1.43. The molecule has 72 valence electrons. The molecule has 0 aliphatic rings. The molecule has 1 aromatic carbocycles. The fourth-order valence-electron chi connectivity index (χ4n) is 0.852. The Morgan fingerprint density at radius 1 is 1.23 bits per heavy atom. The Hall–Kier alpha value is -1.46. The number of phenolic OH excluding ortho intramolecular Hbond substituents is 1. The Labute approximate surface area is 70.6 Å². The first-order chi connectivity index (χ1) is 5.84. The van der Waals surface area contributed by atoms with Crippen LogP contribution in [0.25, 0.3) is 0 Å². The summed E-state index contributed by atoms with van der Waals surface area (Å²) < 4.78 is 48.9. The number of nitrogens with two attached hydrogens (primary N) is 1. The van der Waals surface area contributed by atoms with Crippen LogP contribution in [0.15, 0.2) is 12.1 Å². The number of anilines is 1. The van der Waals surface area contributed by atoms with E-state index in [4.69, 9.17) is 10.8 Å². The maximum absolute atomic E-state index is 12.8. The van der Waals surface area contributed by atoms with Gasteiger partial charge in [0.05, 0.1) is 5.69 Å². The molecule has 6 heteroatoms. The predicted octanol–water partition coefficient (Wildman–Crippen LogP) is 2.13. The van der Waals surface area contributed by atoms with Gasteiger partial charge in [-0.15, -0.1) is 0 Å². The summed E-state index contributed by atoms with van der Waals surface area (Å²) in [6.07, 6.45) is -4.94. The van der Waals surface area contributed by atoms with Crippen molar-refractivity contribution in [2.45, 2.75) is 6.18 Å². The molecule has 0 aliphatic carbocycles. The van der Waals surface area contributed by atoms with E-state index in [9.17, 15) is 17.6 Å². The minimum atomic E-state index is -4.94. The second kappa shape index (κ2) is 2.79. The Morgan fingerprint density at radius 3 is 2.15 bits per heavy atom. The van der Waals surface area contributed by atoms with Gasteiger partial charge in [-0.1, -0.05) is 0 Å². The molecule has 0 heterocycles. The summed E-state index contributed by atoms with van der Waals surface area (Å²) in [7, 11) is 0. The van der Waals surface area contributed by atoms with Gasteiger partial charge >= 0.3 is 6.18 Å². The lowest BCUT2D eigenvalue weighted by atomic mass is 10.1. The minimum Gasteiger partial charge on any atom is -0.507 e. The van der Waals surface area contributed by atoms with Gasteiger partial charge in [-0.05, 0) is 12.1 Å². The molecule has 0 saturated heterocycles. The molecule has 0 amide bonds. The molecular weight excluding hydrogens is 190 g/mol. The maximum atomic E-state index is 12.8. The average molecular weight is 195 g/mol. The molecule has 0 aromatic heterocycles. The van der Waals surface area contributed by atoms with Crippen molar-refractivity contribution >= 4 is 5.69 Å². The minimum absolute atomic E-state index is 0.648. The molecule has 0 radical (unpaired) electrons. The third kappa shape index (κ3) is 1.66. The lowest BCUT2D eigenvalue weighted by Gasteiger charge is -2.10. The zero-order chi connectivity index (χ0) is 10.2. The molecule has 0 spiro atoms. The first kappa shape index (κ1) is 9.63. The molecule has 0 saturated carbocycles. The number of hydrogen-bond acceptors (Lipinski definition) is 2. The molecule has 1 rings (SSSR count). The molecule has 0 bridgehead atoms. The lowest BCUT2D eigenvalue weighted by molar-refractivity contribution is -0.141. The van der Waals surface area contributed by atoms with Crippen molar-refractivity contribution in [3.05, 3.63) is 23.5 Å². The Bertz CT molecular complexity index is 334. The van der Waals surface area contributed by atoms with Gasteiger partial charge in [0.25, 0.3) is 0 Å². The van der Waals surface area contributed by atoms with Gasteiger partial charge in [0, 0.05) is 0 Å². The van der Waals surface area contributed by atoms with Gasteiger partial charge < -0.3 is 10.8 Å². The monoisotopic (exact) mass is 195 g/mol. The molecule has 13 heavy (non-hydrogen) atoms.